The van der Waals surface area contributed by atoms with Crippen molar-refractivity contribution in [1.29, 1.82) is 0 Å². The summed E-state index contributed by atoms with van der Waals surface area (Å²) in [7, 11) is 2.03. The number of aliphatic hydroxyl groups is 1. The van der Waals surface area contributed by atoms with Crippen molar-refractivity contribution in [2.24, 2.45) is 0 Å². The highest BCUT2D eigenvalue weighted by atomic mass is 19.4. The second-order valence-corrected chi connectivity index (χ2v) is 12.7. The molecule has 1 aromatic heterocycles. The van der Waals surface area contributed by atoms with Gasteiger partial charge in [-0.2, -0.15) is 13.2 Å². The molecule has 6 rings (SSSR count). The van der Waals surface area contributed by atoms with E-state index in [0.29, 0.717) is 37.2 Å². The predicted octanol–water partition coefficient (Wildman–Crippen LogP) is 5.28. The number of halogens is 3. The maximum absolute atomic E-state index is 14.9. The molecule has 254 valence electrons. The van der Waals surface area contributed by atoms with Gasteiger partial charge in [-0.05, 0) is 55.8 Å². The average Bonchev–Trinajstić information content (AvgIpc) is 3.44. The lowest BCUT2D eigenvalue weighted by molar-refractivity contribution is -0.384. The molecule has 1 amide bonds. The molecule has 4 aromatic rings. The van der Waals surface area contributed by atoms with Crippen LogP contribution in [0.3, 0.4) is 0 Å². The number of likely N-dealkylation sites (tertiary alicyclic amines) is 1. The number of carbonyl (C=O) groups excluding carboxylic acids is 1. The van der Waals surface area contributed by atoms with Gasteiger partial charge in [0.1, 0.15) is 11.9 Å². The Balaban J connectivity index is 1.15. The van der Waals surface area contributed by atoms with E-state index < -0.39 is 23.2 Å². The number of nitro benzene ring substituents is 1. The van der Waals surface area contributed by atoms with Gasteiger partial charge in [-0.15, -0.1) is 0 Å². The summed E-state index contributed by atoms with van der Waals surface area (Å²) in [6.07, 6.45) is -3.12. The maximum Gasteiger partial charge on any atom is 0.422 e. The zero-order valence-electron chi connectivity index (χ0n) is 26.6. The molecule has 1 N–H and O–H groups in total. The Morgan fingerprint density at radius 3 is 2.25 bits per heavy atom. The highest BCUT2D eigenvalue weighted by Gasteiger charge is 2.57. The van der Waals surface area contributed by atoms with Crippen LogP contribution in [0.15, 0.2) is 79.0 Å². The summed E-state index contributed by atoms with van der Waals surface area (Å²) in [5, 5.41) is 23.2. The minimum Gasteiger partial charge on any atom is -0.490 e. The van der Waals surface area contributed by atoms with E-state index in [2.05, 4.69) is 4.90 Å². The maximum atomic E-state index is 14.9. The van der Waals surface area contributed by atoms with Gasteiger partial charge in [0.25, 0.3) is 11.6 Å². The standard InChI is InChI=1S/C35H38F3N5O5/c1-39-17-19-41(20-18-39)33(44)26-7-10-28(11-8-26)48-29-13-15-40(16-14-29)24-34(45,35(36,37)38)31-23-42(22-25-5-3-2-4-6-25)32-21-27(43(46)47)9-12-30(31)32/h2-12,21,23,29,45H,13-20,22,24H2,1H3. The number of benzene rings is 3. The Morgan fingerprint density at radius 1 is 0.958 bits per heavy atom. The SMILES string of the molecule is CN1CCN(C(=O)c2ccc(OC3CCN(CC(O)(c4cn(Cc5ccccc5)c5cc([N+](=O)[O-])ccc45)C(F)(F)F)CC3)cc2)CC1. The number of nitro groups is 1. The average molecular weight is 666 g/mol. The Kier molecular flexibility index (Phi) is 9.46. The first kappa shape index (κ1) is 33.4. The monoisotopic (exact) mass is 665 g/mol. The molecule has 0 saturated carbocycles. The second kappa shape index (κ2) is 13.6. The van der Waals surface area contributed by atoms with Crippen molar-refractivity contribution >= 4 is 22.5 Å². The van der Waals surface area contributed by atoms with E-state index >= 15 is 0 Å². The van der Waals surface area contributed by atoms with Gasteiger partial charge in [0, 0.05) is 87.2 Å². The molecule has 0 aliphatic carbocycles. The number of hydrogen-bond donors (Lipinski definition) is 1. The van der Waals surface area contributed by atoms with Crippen LogP contribution in [0.25, 0.3) is 10.9 Å². The summed E-state index contributed by atoms with van der Waals surface area (Å²) >= 11 is 0. The first-order valence-corrected chi connectivity index (χ1v) is 16.0. The topological polar surface area (TPSA) is 104 Å². The van der Waals surface area contributed by atoms with Gasteiger partial charge in [-0.25, -0.2) is 0 Å². The molecular formula is C35H38F3N5O5. The number of nitrogens with zero attached hydrogens (tertiary/aromatic N) is 5. The third kappa shape index (κ3) is 7.03. The molecule has 0 spiro atoms. The van der Waals surface area contributed by atoms with Crippen LogP contribution in [0.4, 0.5) is 18.9 Å². The number of piperidine rings is 1. The Bertz CT molecular complexity index is 1750. The van der Waals surface area contributed by atoms with Gasteiger partial charge in [-0.3, -0.25) is 19.8 Å². The molecule has 0 bridgehead atoms. The lowest BCUT2D eigenvalue weighted by atomic mass is 9.91. The molecule has 3 heterocycles. The van der Waals surface area contributed by atoms with Crippen molar-refractivity contribution in [2.45, 2.75) is 37.3 Å². The number of β-amino-alcohol motifs (C(OH)–C–C–N with tert-alkyl or cyclic N) is 1. The van der Waals surface area contributed by atoms with Crippen molar-refractivity contribution in [3.05, 3.63) is 106 Å². The zero-order chi connectivity index (χ0) is 34.1. The molecule has 0 radical (unpaired) electrons. The molecule has 2 aliphatic heterocycles. The number of carbonyl (C=O) groups is 1. The van der Waals surface area contributed by atoms with Crippen LogP contribution in [0.1, 0.15) is 34.3 Å². The zero-order valence-corrected chi connectivity index (χ0v) is 26.6. The first-order chi connectivity index (χ1) is 22.9. The largest absolute Gasteiger partial charge is 0.490 e. The van der Waals surface area contributed by atoms with Gasteiger partial charge in [0.15, 0.2) is 0 Å². The molecular weight excluding hydrogens is 627 g/mol. The van der Waals surface area contributed by atoms with Crippen LogP contribution in [0.2, 0.25) is 0 Å². The normalized spacial score (nSPS) is 18.1. The molecule has 1 unspecified atom stereocenters. The third-order valence-corrected chi connectivity index (χ3v) is 9.37. The van der Waals surface area contributed by atoms with Crippen LogP contribution in [0.5, 0.6) is 5.75 Å². The lowest BCUT2D eigenvalue weighted by Crippen LogP contribution is -2.53. The molecule has 3 aromatic carbocycles. The summed E-state index contributed by atoms with van der Waals surface area (Å²) < 4.78 is 52.2. The van der Waals surface area contributed by atoms with Gasteiger partial charge in [-0.1, -0.05) is 30.3 Å². The van der Waals surface area contributed by atoms with Crippen LogP contribution in [-0.2, 0) is 12.1 Å². The Hall–Kier alpha value is -4.46. The quantitative estimate of drug-likeness (QED) is 0.192. The molecule has 10 nitrogen and oxygen atoms in total. The highest BCUT2D eigenvalue weighted by Crippen LogP contribution is 2.44. The highest BCUT2D eigenvalue weighted by molar-refractivity contribution is 5.94. The number of rotatable bonds is 9. The fourth-order valence-electron chi connectivity index (χ4n) is 6.53. The van der Waals surface area contributed by atoms with Crippen molar-refractivity contribution < 1.29 is 32.7 Å². The smallest absolute Gasteiger partial charge is 0.422 e. The minimum atomic E-state index is -5.03. The number of likely N-dealkylation sites (N-methyl/N-ethyl adjacent to an activating group) is 1. The molecule has 13 heteroatoms. The summed E-state index contributed by atoms with van der Waals surface area (Å²) in [5.41, 5.74) is -2.23. The number of alkyl halides is 3. The summed E-state index contributed by atoms with van der Waals surface area (Å²) in [5.74, 6) is 0.553. The van der Waals surface area contributed by atoms with Crippen LogP contribution in [0, 0.1) is 10.1 Å². The second-order valence-electron chi connectivity index (χ2n) is 12.7. The van der Waals surface area contributed by atoms with E-state index in [1.54, 1.807) is 41.3 Å². The Morgan fingerprint density at radius 2 is 1.62 bits per heavy atom. The predicted molar refractivity (Wildman–Crippen MR) is 174 cm³/mol. The van der Waals surface area contributed by atoms with Gasteiger partial charge in [0.2, 0.25) is 5.60 Å². The first-order valence-electron chi connectivity index (χ1n) is 16.0. The number of hydrogen-bond acceptors (Lipinski definition) is 7. The van der Waals surface area contributed by atoms with Crippen molar-refractivity contribution in [3.8, 4) is 5.75 Å². The Labute approximate surface area is 276 Å². The van der Waals surface area contributed by atoms with Crippen LogP contribution < -0.4 is 4.74 Å². The van der Waals surface area contributed by atoms with Crippen LogP contribution in [-0.4, -0.2) is 100 Å². The number of aromatic nitrogens is 1. The fraction of sp³-hybridized carbons (Fsp3) is 0.400. The number of amides is 1. The van der Waals surface area contributed by atoms with Crippen molar-refractivity contribution in [2.75, 3.05) is 52.9 Å². The van der Waals surface area contributed by atoms with Gasteiger partial charge in [0.05, 0.1) is 10.4 Å². The number of ether oxygens (including phenoxy) is 1. The van der Waals surface area contributed by atoms with E-state index in [4.69, 9.17) is 4.74 Å². The molecule has 2 fully saturated rings. The number of fused-ring (bicyclic) bond motifs is 1. The summed E-state index contributed by atoms with van der Waals surface area (Å²) in [6.45, 7) is 2.99. The molecule has 2 saturated heterocycles. The van der Waals surface area contributed by atoms with Crippen molar-refractivity contribution in [3.63, 3.8) is 0 Å². The molecule has 1 atom stereocenters. The van der Waals surface area contributed by atoms with Gasteiger partial charge < -0.3 is 24.2 Å². The van der Waals surface area contributed by atoms with E-state index in [1.807, 2.05) is 30.1 Å². The van der Waals surface area contributed by atoms with E-state index in [-0.39, 0.29) is 53.8 Å². The summed E-state index contributed by atoms with van der Waals surface area (Å²) in [6, 6.07) is 19.7. The lowest BCUT2D eigenvalue weighted by Gasteiger charge is -2.39. The number of piperazine rings is 1. The fourth-order valence-corrected chi connectivity index (χ4v) is 6.53. The third-order valence-electron chi connectivity index (χ3n) is 9.37. The van der Waals surface area contributed by atoms with E-state index in [9.17, 15) is 33.2 Å². The molecule has 48 heavy (non-hydrogen) atoms. The van der Waals surface area contributed by atoms with Crippen molar-refractivity contribution in [1.82, 2.24) is 19.3 Å². The minimum absolute atomic E-state index is 0.0264. The van der Waals surface area contributed by atoms with Crippen LogP contribution >= 0.6 is 0 Å². The van der Waals surface area contributed by atoms with E-state index in [1.165, 1.54) is 22.9 Å². The molecule has 2 aliphatic rings. The number of non-ortho nitro benzene ring substituents is 1. The van der Waals surface area contributed by atoms with Gasteiger partial charge >= 0.3 is 6.18 Å². The summed E-state index contributed by atoms with van der Waals surface area (Å²) in [4.78, 5) is 29.4. The van der Waals surface area contributed by atoms with E-state index in [0.717, 1.165) is 24.7 Å².